The van der Waals surface area contributed by atoms with Gasteiger partial charge in [-0.3, -0.25) is 0 Å². The summed E-state index contributed by atoms with van der Waals surface area (Å²) in [4.78, 5) is 12.0. The molecule has 0 aliphatic carbocycles. The van der Waals surface area contributed by atoms with Crippen LogP contribution in [0.5, 0.6) is 5.75 Å². The minimum Gasteiger partial charge on any atom is -0.410 e. The molecule has 0 aromatic heterocycles. The molecule has 3 heteroatoms. The van der Waals surface area contributed by atoms with Crippen molar-refractivity contribution >= 4 is 6.09 Å². The number of carbonyl (C=O) groups is 1. The summed E-state index contributed by atoms with van der Waals surface area (Å²) in [5.41, 5.74) is 1.08. The highest BCUT2D eigenvalue weighted by Gasteiger charge is 2.19. The van der Waals surface area contributed by atoms with Crippen molar-refractivity contribution in [2.45, 2.75) is 19.9 Å². The first-order chi connectivity index (χ1) is 9.66. The van der Waals surface area contributed by atoms with E-state index in [2.05, 4.69) is 19.2 Å². The lowest BCUT2D eigenvalue weighted by Crippen LogP contribution is -2.33. The number of para-hydroxylation sites is 1. The molecule has 3 nitrogen and oxygen atoms in total. The van der Waals surface area contributed by atoms with E-state index in [1.165, 1.54) is 0 Å². The molecule has 1 N–H and O–H groups in total. The molecule has 0 bridgehead atoms. The summed E-state index contributed by atoms with van der Waals surface area (Å²) in [7, 11) is 0. The summed E-state index contributed by atoms with van der Waals surface area (Å²) in [6.45, 7) is 4.14. The Balaban J connectivity index is 2.04. The zero-order chi connectivity index (χ0) is 14.4. The number of carbonyl (C=O) groups excluding carboxylic acids is 1. The normalized spacial score (nSPS) is 11.9. The van der Waals surface area contributed by atoms with Crippen LogP contribution in [0.4, 0.5) is 4.79 Å². The topological polar surface area (TPSA) is 38.3 Å². The van der Waals surface area contributed by atoms with Crippen LogP contribution in [0.1, 0.15) is 25.5 Å². The van der Waals surface area contributed by atoms with Gasteiger partial charge in [-0.15, -0.1) is 0 Å². The van der Waals surface area contributed by atoms with Gasteiger partial charge in [0.15, 0.2) is 0 Å². The van der Waals surface area contributed by atoms with E-state index in [1.54, 1.807) is 12.1 Å². The zero-order valence-electron chi connectivity index (χ0n) is 11.7. The first-order valence-corrected chi connectivity index (χ1v) is 6.75. The van der Waals surface area contributed by atoms with Crippen LogP contribution >= 0.6 is 0 Å². The van der Waals surface area contributed by atoms with Gasteiger partial charge < -0.3 is 10.1 Å². The molecular formula is C17H19NO2. The van der Waals surface area contributed by atoms with E-state index in [1.807, 2.05) is 48.5 Å². The zero-order valence-corrected chi connectivity index (χ0v) is 11.7. The van der Waals surface area contributed by atoms with E-state index >= 15 is 0 Å². The van der Waals surface area contributed by atoms with Gasteiger partial charge >= 0.3 is 6.09 Å². The van der Waals surface area contributed by atoms with Gasteiger partial charge in [-0.25, -0.2) is 4.79 Å². The number of amides is 1. The Morgan fingerprint density at radius 3 is 2.05 bits per heavy atom. The van der Waals surface area contributed by atoms with E-state index < -0.39 is 6.09 Å². The summed E-state index contributed by atoms with van der Waals surface area (Å²) in [5.74, 6) is 0.821. The highest BCUT2D eigenvalue weighted by Crippen LogP contribution is 2.21. The van der Waals surface area contributed by atoms with Crippen LogP contribution < -0.4 is 10.1 Å². The average molecular weight is 269 g/mol. The molecule has 0 saturated heterocycles. The molecule has 2 aromatic carbocycles. The molecule has 0 aliphatic rings. The molecule has 20 heavy (non-hydrogen) atoms. The van der Waals surface area contributed by atoms with Gasteiger partial charge in [-0.1, -0.05) is 62.4 Å². The second-order valence-electron chi connectivity index (χ2n) is 4.98. The fourth-order valence-corrected chi connectivity index (χ4v) is 2.05. The third-order valence-corrected chi connectivity index (χ3v) is 3.05. The van der Waals surface area contributed by atoms with E-state index in [0.717, 1.165) is 5.56 Å². The van der Waals surface area contributed by atoms with Crippen LogP contribution in [0.2, 0.25) is 0 Å². The maximum absolute atomic E-state index is 12.0. The van der Waals surface area contributed by atoms with Crippen LogP contribution in [0.15, 0.2) is 60.7 Å². The Morgan fingerprint density at radius 2 is 1.50 bits per heavy atom. The third kappa shape index (κ3) is 3.85. The molecule has 2 rings (SSSR count). The Hall–Kier alpha value is -2.29. The number of hydrogen-bond donors (Lipinski definition) is 1. The molecule has 0 heterocycles. The molecule has 0 saturated carbocycles. The molecule has 0 radical (unpaired) electrons. The number of nitrogens with one attached hydrogen (secondary N) is 1. The highest BCUT2D eigenvalue weighted by molar-refractivity contribution is 5.71. The van der Waals surface area contributed by atoms with Gasteiger partial charge in [0.25, 0.3) is 0 Å². The van der Waals surface area contributed by atoms with Crippen LogP contribution in [0, 0.1) is 5.92 Å². The van der Waals surface area contributed by atoms with Gasteiger partial charge in [-0.05, 0) is 23.6 Å². The summed E-state index contributed by atoms with van der Waals surface area (Å²) in [5, 5.41) is 2.92. The predicted octanol–water partition coefficient (Wildman–Crippen LogP) is 4.17. The lowest BCUT2D eigenvalue weighted by atomic mass is 9.96. The molecule has 0 spiro atoms. The van der Waals surface area contributed by atoms with Gasteiger partial charge in [0, 0.05) is 0 Å². The quantitative estimate of drug-likeness (QED) is 0.904. The van der Waals surface area contributed by atoms with Crippen LogP contribution in [-0.2, 0) is 0 Å². The number of ether oxygens (including phenoxy) is 1. The molecule has 0 aliphatic heterocycles. The minimum atomic E-state index is -0.432. The maximum atomic E-state index is 12.0. The van der Waals surface area contributed by atoms with Gasteiger partial charge in [0.05, 0.1) is 6.04 Å². The van der Waals surface area contributed by atoms with Crippen molar-refractivity contribution in [3.05, 3.63) is 66.2 Å². The van der Waals surface area contributed by atoms with E-state index in [0.29, 0.717) is 5.75 Å². The Kier molecular flexibility index (Phi) is 4.77. The first kappa shape index (κ1) is 14.1. The summed E-state index contributed by atoms with van der Waals surface area (Å²) in [6.07, 6.45) is -0.432. The second kappa shape index (κ2) is 6.75. The Bertz CT molecular complexity index is 537. The second-order valence-corrected chi connectivity index (χ2v) is 4.98. The smallest absolute Gasteiger partial charge is 0.410 e. The van der Waals surface area contributed by atoms with Gasteiger partial charge in [0.2, 0.25) is 0 Å². The number of benzene rings is 2. The average Bonchev–Trinajstić information content (AvgIpc) is 2.46. The van der Waals surface area contributed by atoms with Crippen molar-refractivity contribution in [1.29, 1.82) is 0 Å². The van der Waals surface area contributed by atoms with Crippen molar-refractivity contribution < 1.29 is 9.53 Å². The SMILES string of the molecule is CC(C)C(NC(=O)Oc1ccccc1)c1ccccc1. The fraction of sp³-hybridized carbons (Fsp3) is 0.235. The van der Waals surface area contributed by atoms with Crippen molar-refractivity contribution in [1.82, 2.24) is 5.32 Å². The monoisotopic (exact) mass is 269 g/mol. The number of rotatable bonds is 4. The fourth-order valence-electron chi connectivity index (χ4n) is 2.05. The molecular weight excluding hydrogens is 250 g/mol. The van der Waals surface area contributed by atoms with Crippen LogP contribution in [0.3, 0.4) is 0 Å². The Labute approximate surface area is 119 Å². The van der Waals surface area contributed by atoms with Crippen molar-refractivity contribution in [3.8, 4) is 5.75 Å². The summed E-state index contributed by atoms with van der Waals surface area (Å²) >= 11 is 0. The third-order valence-electron chi connectivity index (χ3n) is 3.05. The van der Waals surface area contributed by atoms with Crippen molar-refractivity contribution in [2.24, 2.45) is 5.92 Å². The largest absolute Gasteiger partial charge is 0.413 e. The maximum Gasteiger partial charge on any atom is 0.413 e. The van der Waals surface area contributed by atoms with E-state index in [9.17, 15) is 4.79 Å². The minimum absolute atomic E-state index is 0.0626. The van der Waals surface area contributed by atoms with E-state index in [-0.39, 0.29) is 12.0 Å². The molecule has 1 atom stereocenters. The van der Waals surface area contributed by atoms with Gasteiger partial charge in [0.1, 0.15) is 5.75 Å². The lowest BCUT2D eigenvalue weighted by Gasteiger charge is -2.22. The first-order valence-electron chi connectivity index (χ1n) is 6.75. The van der Waals surface area contributed by atoms with Crippen molar-refractivity contribution in [3.63, 3.8) is 0 Å². The van der Waals surface area contributed by atoms with E-state index in [4.69, 9.17) is 4.74 Å². The van der Waals surface area contributed by atoms with Crippen LogP contribution in [0.25, 0.3) is 0 Å². The molecule has 1 unspecified atom stereocenters. The Morgan fingerprint density at radius 1 is 0.950 bits per heavy atom. The highest BCUT2D eigenvalue weighted by atomic mass is 16.6. The number of hydrogen-bond acceptors (Lipinski definition) is 2. The standard InChI is InChI=1S/C17H19NO2/c1-13(2)16(14-9-5-3-6-10-14)18-17(19)20-15-11-7-4-8-12-15/h3-13,16H,1-2H3,(H,18,19). The molecule has 1 amide bonds. The van der Waals surface area contributed by atoms with Crippen molar-refractivity contribution in [2.75, 3.05) is 0 Å². The molecule has 104 valence electrons. The molecule has 2 aromatic rings. The summed E-state index contributed by atoms with van der Waals surface area (Å²) < 4.78 is 5.27. The summed E-state index contributed by atoms with van der Waals surface area (Å²) in [6, 6.07) is 18.9. The van der Waals surface area contributed by atoms with Crippen LogP contribution in [-0.4, -0.2) is 6.09 Å². The lowest BCUT2D eigenvalue weighted by molar-refractivity contribution is 0.192. The molecule has 0 fully saturated rings. The predicted molar refractivity (Wildman–Crippen MR) is 79.6 cm³/mol. The van der Waals surface area contributed by atoms with Gasteiger partial charge in [-0.2, -0.15) is 0 Å².